The van der Waals surface area contributed by atoms with Gasteiger partial charge in [0.2, 0.25) is 5.91 Å². The van der Waals surface area contributed by atoms with E-state index in [4.69, 9.17) is 4.74 Å². The van der Waals surface area contributed by atoms with Crippen molar-refractivity contribution in [2.24, 2.45) is 4.99 Å². The van der Waals surface area contributed by atoms with E-state index in [1.807, 2.05) is 11.0 Å². The summed E-state index contributed by atoms with van der Waals surface area (Å²) in [6.07, 6.45) is 5.58. The minimum Gasteiger partial charge on any atom is -0.381 e. The Balaban J connectivity index is 0.00000420. The van der Waals surface area contributed by atoms with Crippen molar-refractivity contribution >= 4 is 35.8 Å². The smallest absolute Gasteiger partial charge is 0.222 e. The molecule has 0 aromatic heterocycles. The molecule has 29 heavy (non-hydrogen) atoms. The molecule has 0 spiro atoms. The van der Waals surface area contributed by atoms with E-state index in [1.54, 1.807) is 7.05 Å². The van der Waals surface area contributed by atoms with Gasteiger partial charge in [-0.3, -0.25) is 9.79 Å². The standard InChI is InChI=1S/C22H36N4O2.HI/c1-3-4-16-28-17-8-14-25-22(23-2)24-13-7-11-21(27)26-15-12-19-9-5-6-10-20(19)18-26;/h5-6,9-10H,3-4,7-8,11-18H2,1-2H3,(H2,23,24,25);1H. The molecule has 1 aromatic carbocycles. The molecular weight excluding hydrogens is 479 g/mol. The number of rotatable bonds is 11. The molecular formula is C22H37IN4O2. The van der Waals surface area contributed by atoms with Crippen LogP contribution >= 0.6 is 24.0 Å². The van der Waals surface area contributed by atoms with Crippen molar-refractivity contribution < 1.29 is 9.53 Å². The molecule has 6 nitrogen and oxygen atoms in total. The van der Waals surface area contributed by atoms with Crippen LogP contribution in [0.4, 0.5) is 0 Å². The molecule has 0 unspecified atom stereocenters. The van der Waals surface area contributed by atoms with E-state index in [0.717, 1.165) is 71.0 Å². The van der Waals surface area contributed by atoms with Crippen LogP contribution in [0, 0.1) is 0 Å². The molecule has 2 rings (SSSR count). The summed E-state index contributed by atoms with van der Waals surface area (Å²) in [6.45, 7) is 6.93. The first-order valence-electron chi connectivity index (χ1n) is 10.6. The van der Waals surface area contributed by atoms with Crippen molar-refractivity contribution in [3.8, 4) is 0 Å². The normalized spacial score (nSPS) is 13.4. The van der Waals surface area contributed by atoms with E-state index < -0.39 is 0 Å². The number of carbonyl (C=O) groups is 1. The van der Waals surface area contributed by atoms with Crippen LogP contribution in [0.3, 0.4) is 0 Å². The molecule has 0 atom stereocenters. The van der Waals surface area contributed by atoms with Gasteiger partial charge in [0.05, 0.1) is 0 Å². The summed E-state index contributed by atoms with van der Waals surface area (Å²) in [5.41, 5.74) is 2.65. The second-order valence-electron chi connectivity index (χ2n) is 7.18. The number of hydrogen-bond acceptors (Lipinski definition) is 3. The number of amides is 1. The van der Waals surface area contributed by atoms with E-state index in [0.29, 0.717) is 6.42 Å². The number of nitrogens with zero attached hydrogens (tertiary/aromatic N) is 2. The molecule has 1 aromatic rings. The van der Waals surface area contributed by atoms with Gasteiger partial charge in [0.25, 0.3) is 0 Å². The van der Waals surface area contributed by atoms with Gasteiger partial charge in [0.15, 0.2) is 5.96 Å². The van der Waals surface area contributed by atoms with Crippen LogP contribution < -0.4 is 10.6 Å². The third-order valence-electron chi connectivity index (χ3n) is 4.97. The predicted octanol–water partition coefficient (Wildman–Crippen LogP) is 3.34. The first-order chi connectivity index (χ1) is 13.7. The summed E-state index contributed by atoms with van der Waals surface area (Å²) in [4.78, 5) is 18.7. The van der Waals surface area contributed by atoms with E-state index >= 15 is 0 Å². The van der Waals surface area contributed by atoms with Crippen molar-refractivity contribution in [2.45, 2.75) is 52.0 Å². The molecule has 0 radical (unpaired) electrons. The largest absolute Gasteiger partial charge is 0.381 e. The Kier molecular flexibility index (Phi) is 13.7. The highest BCUT2D eigenvalue weighted by atomic mass is 127. The van der Waals surface area contributed by atoms with Crippen molar-refractivity contribution in [1.82, 2.24) is 15.5 Å². The fraction of sp³-hybridized carbons (Fsp3) is 0.636. The van der Waals surface area contributed by atoms with Crippen LogP contribution in [0.1, 0.15) is 50.2 Å². The zero-order chi connectivity index (χ0) is 20.0. The number of aliphatic imine (C=N–C) groups is 1. The quantitative estimate of drug-likeness (QED) is 0.205. The zero-order valence-electron chi connectivity index (χ0n) is 17.9. The number of unbranched alkanes of at least 4 members (excludes halogenated alkanes) is 1. The fourth-order valence-corrected chi connectivity index (χ4v) is 3.26. The summed E-state index contributed by atoms with van der Waals surface area (Å²) in [6, 6.07) is 8.41. The van der Waals surface area contributed by atoms with Gasteiger partial charge >= 0.3 is 0 Å². The first kappa shape index (κ1) is 25.7. The number of ether oxygens (including phenoxy) is 1. The Labute approximate surface area is 192 Å². The van der Waals surface area contributed by atoms with Crippen molar-refractivity contribution in [1.29, 1.82) is 0 Å². The average molecular weight is 516 g/mol. The summed E-state index contributed by atoms with van der Waals surface area (Å²) >= 11 is 0. The lowest BCUT2D eigenvalue weighted by Crippen LogP contribution is -2.39. The molecule has 1 aliphatic heterocycles. The minimum absolute atomic E-state index is 0. The molecule has 0 saturated heterocycles. The molecule has 0 saturated carbocycles. The van der Waals surface area contributed by atoms with Gasteiger partial charge in [0.1, 0.15) is 0 Å². The van der Waals surface area contributed by atoms with Gasteiger partial charge in [-0.2, -0.15) is 0 Å². The minimum atomic E-state index is 0. The summed E-state index contributed by atoms with van der Waals surface area (Å²) < 4.78 is 5.55. The van der Waals surface area contributed by atoms with Crippen LogP contribution in [0.25, 0.3) is 0 Å². The molecule has 1 amide bonds. The van der Waals surface area contributed by atoms with E-state index in [9.17, 15) is 4.79 Å². The Morgan fingerprint density at radius 2 is 1.79 bits per heavy atom. The van der Waals surface area contributed by atoms with Crippen molar-refractivity contribution in [3.05, 3.63) is 35.4 Å². The third-order valence-corrected chi connectivity index (χ3v) is 4.97. The second kappa shape index (κ2) is 15.5. The Morgan fingerprint density at radius 3 is 2.52 bits per heavy atom. The fourth-order valence-electron chi connectivity index (χ4n) is 3.26. The van der Waals surface area contributed by atoms with Gasteiger partial charge < -0.3 is 20.3 Å². The third kappa shape index (κ3) is 9.80. The summed E-state index contributed by atoms with van der Waals surface area (Å²) in [7, 11) is 1.77. The number of halogens is 1. The molecule has 1 aliphatic rings. The highest BCUT2D eigenvalue weighted by Gasteiger charge is 2.19. The van der Waals surface area contributed by atoms with E-state index in [1.165, 1.54) is 17.5 Å². The number of carbonyl (C=O) groups excluding carboxylic acids is 1. The molecule has 1 heterocycles. The lowest BCUT2D eigenvalue weighted by atomic mass is 9.99. The highest BCUT2D eigenvalue weighted by molar-refractivity contribution is 14.0. The first-order valence-corrected chi connectivity index (χ1v) is 10.6. The van der Waals surface area contributed by atoms with Gasteiger partial charge in [-0.05, 0) is 36.8 Å². The van der Waals surface area contributed by atoms with E-state index in [2.05, 4.69) is 40.7 Å². The molecule has 2 N–H and O–H groups in total. The van der Waals surface area contributed by atoms with Crippen molar-refractivity contribution in [2.75, 3.05) is 39.9 Å². The number of nitrogens with one attached hydrogen (secondary N) is 2. The lowest BCUT2D eigenvalue weighted by Gasteiger charge is -2.29. The lowest BCUT2D eigenvalue weighted by molar-refractivity contribution is -0.132. The molecule has 0 bridgehead atoms. The monoisotopic (exact) mass is 516 g/mol. The predicted molar refractivity (Wildman–Crippen MR) is 130 cm³/mol. The average Bonchev–Trinajstić information content (AvgIpc) is 2.74. The maximum atomic E-state index is 12.5. The molecule has 0 aliphatic carbocycles. The maximum absolute atomic E-state index is 12.5. The number of fused-ring (bicyclic) bond motifs is 1. The zero-order valence-corrected chi connectivity index (χ0v) is 20.2. The SMILES string of the molecule is CCCCOCCCNC(=NC)NCCCC(=O)N1CCc2ccccc2C1.I. The van der Waals surface area contributed by atoms with Crippen LogP contribution in [0.2, 0.25) is 0 Å². The van der Waals surface area contributed by atoms with E-state index in [-0.39, 0.29) is 29.9 Å². The topological polar surface area (TPSA) is 66.0 Å². The number of guanidine groups is 1. The maximum Gasteiger partial charge on any atom is 0.222 e. The van der Waals surface area contributed by atoms with Gasteiger partial charge in [0, 0.05) is 52.9 Å². The van der Waals surface area contributed by atoms with Crippen LogP contribution in [0.5, 0.6) is 0 Å². The Bertz CT molecular complexity index is 625. The Hall–Kier alpha value is -1.35. The van der Waals surface area contributed by atoms with Gasteiger partial charge in [-0.25, -0.2) is 0 Å². The van der Waals surface area contributed by atoms with Crippen LogP contribution in [-0.4, -0.2) is 56.7 Å². The summed E-state index contributed by atoms with van der Waals surface area (Å²) in [5.74, 6) is 1.02. The van der Waals surface area contributed by atoms with Crippen LogP contribution in [0.15, 0.2) is 29.3 Å². The second-order valence-corrected chi connectivity index (χ2v) is 7.18. The number of benzene rings is 1. The molecule has 0 fully saturated rings. The Morgan fingerprint density at radius 1 is 1.10 bits per heavy atom. The summed E-state index contributed by atoms with van der Waals surface area (Å²) in [5, 5.41) is 6.57. The van der Waals surface area contributed by atoms with Gasteiger partial charge in [-0.1, -0.05) is 37.6 Å². The molecule has 164 valence electrons. The number of hydrogen-bond donors (Lipinski definition) is 2. The highest BCUT2D eigenvalue weighted by Crippen LogP contribution is 2.19. The molecule has 7 heteroatoms. The van der Waals surface area contributed by atoms with Crippen LogP contribution in [-0.2, 0) is 22.5 Å². The van der Waals surface area contributed by atoms with Gasteiger partial charge in [-0.15, -0.1) is 24.0 Å². The van der Waals surface area contributed by atoms with Crippen molar-refractivity contribution in [3.63, 3.8) is 0 Å².